The minimum Gasteiger partial charge on any atom is -0.424 e. The van der Waals surface area contributed by atoms with Crippen LogP contribution in [0.4, 0.5) is 35.2 Å². The summed E-state index contributed by atoms with van der Waals surface area (Å²) in [5.74, 6) is 0.755. The van der Waals surface area contributed by atoms with Crippen LogP contribution in [-0.2, 0) is 6.18 Å². The number of benzene rings is 3. The van der Waals surface area contributed by atoms with E-state index < -0.39 is 23.9 Å². The minimum atomic E-state index is -4.63. The average molecular weight is 621 g/mol. The normalized spacial score (nSPS) is 12.0. The third-order valence-electron chi connectivity index (χ3n) is 6.42. The third kappa shape index (κ3) is 7.22. The molecule has 5 aromatic rings. The maximum Gasteiger partial charge on any atom is 0.416 e. The van der Waals surface area contributed by atoms with E-state index in [4.69, 9.17) is 22.1 Å². The first-order valence-electron chi connectivity index (χ1n) is 13.1. The van der Waals surface area contributed by atoms with Crippen LogP contribution in [0.5, 0.6) is 11.8 Å². The molecule has 13 heteroatoms. The zero-order valence-electron chi connectivity index (χ0n) is 22.9. The molecule has 0 aliphatic rings. The van der Waals surface area contributed by atoms with E-state index in [-0.39, 0.29) is 17.4 Å². The number of hydrogen-bond donors (Lipinski definition) is 4. The van der Waals surface area contributed by atoms with Gasteiger partial charge in [-0.1, -0.05) is 48.0 Å². The zero-order chi connectivity index (χ0) is 31.4. The van der Waals surface area contributed by atoms with E-state index >= 15 is 0 Å². The minimum absolute atomic E-state index is 0.00852. The summed E-state index contributed by atoms with van der Waals surface area (Å²) < 4.78 is 46.1. The van der Waals surface area contributed by atoms with Crippen LogP contribution in [0.1, 0.15) is 24.2 Å². The lowest BCUT2D eigenvalue weighted by molar-refractivity contribution is -0.137. The predicted molar refractivity (Wildman–Crippen MR) is 161 cm³/mol. The van der Waals surface area contributed by atoms with Gasteiger partial charge in [0.15, 0.2) is 0 Å². The van der Waals surface area contributed by atoms with Crippen molar-refractivity contribution in [3.05, 3.63) is 108 Å². The Morgan fingerprint density at radius 1 is 0.909 bits per heavy atom. The Morgan fingerprint density at radius 2 is 1.64 bits per heavy atom. The van der Waals surface area contributed by atoms with Gasteiger partial charge in [0.05, 0.1) is 40.5 Å². The number of alkyl halides is 3. The van der Waals surface area contributed by atoms with Crippen molar-refractivity contribution >= 4 is 34.8 Å². The van der Waals surface area contributed by atoms with Crippen LogP contribution in [-0.4, -0.2) is 26.1 Å². The summed E-state index contributed by atoms with van der Waals surface area (Å²) in [5, 5.41) is 15.4. The number of nitrogen functional groups attached to an aromatic ring is 1. The van der Waals surface area contributed by atoms with Crippen molar-refractivity contribution in [2.45, 2.75) is 19.2 Å². The molecule has 1 atom stereocenters. The van der Waals surface area contributed by atoms with Gasteiger partial charge in [0, 0.05) is 17.3 Å². The van der Waals surface area contributed by atoms with Gasteiger partial charge in [-0.3, -0.25) is 0 Å². The number of nitrogens with one attached hydrogen (secondary N) is 2. The molecule has 0 fully saturated rings. The number of nitrogens with two attached hydrogens (primary N) is 1. The molecule has 1 unspecified atom stereocenters. The largest absolute Gasteiger partial charge is 0.424 e. The Morgan fingerprint density at radius 3 is 2.32 bits per heavy atom. The van der Waals surface area contributed by atoms with Gasteiger partial charge in [0.25, 0.3) is 0 Å². The Bertz CT molecular complexity index is 1800. The number of aliphatic hydroxyl groups excluding tert-OH is 1. The smallest absolute Gasteiger partial charge is 0.416 e. The second-order valence-corrected chi connectivity index (χ2v) is 10.0. The van der Waals surface area contributed by atoms with Crippen molar-refractivity contribution < 1.29 is 27.8 Å². The molecule has 0 spiro atoms. The molecule has 0 saturated heterocycles. The molecule has 0 bridgehead atoms. The number of halogens is 4. The van der Waals surface area contributed by atoms with E-state index in [2.05, 4.69) is 25.6 Å². The van der Waals surface area contributed by atoms with Crippen molar-refractivity contribution in [1.29, 1.82) is 0 Å². The molecular formula is C31H24ClF3N6O3. The van der Waals surface area contributed by atoms with Crippen LogP contribution in [0, 0.1) is 0 Å². The van der Waals surface area contributed by atoms with Crippen molar-refractivity contribution in [3.8, 4) is 34.0 Å². The lowest BCUT2D eigenvalue weighted by Gasteiger charge is -2.16. The maximum absolute atomic E-state index is 13.5. The highest BCUT2D eigenvalue weighted by Crippen LogP contribution is 2.37. The van der Waals surface area contributed by atoms with Crippen LogP contribution in [0.25, 0.3) is 22.3 Å². The van der Waals surface area contributed by atoms with Gasteiger partial charge >= 0.3 is 18.2 Å². The zero-order valence-corrected chi connectivity index (χ0v) is 23.7. The van der Waals surface area contributed by atoms with E-state index in [1.165, 1.54) is 24.7 Å². The van der Waals surface area contributed by atoms with E-state index in [1.807, 2.05) is 0 Å². The summed E-state index contributed by atoms with van der Waals surface area (Å²) >= 11 is 6.02. The molecule has 5 rings (SSSR count). The quantitative estimate of drug-likeness (QED) is 0.145. The lowest BCUT2D eigenvalue weighted by atomic mass is 9.98. The van der Waals surface area contributed by atoms with Crippen molar-refractivity contribution in [2.75, 3.05) is 16.4 Å². The molecule has 2 aromatic heterocycles. The molecule has 44 heavy (non-hydrogen) atoms. The lowest BCUT2D eigenvalue weighted by Crippen LogP contribution is -2.20. The van der Waals surface area contributed by atoms with Gasteiger partial charge in [0.2, 0.25) is 0 Å². The SMILES string of the molecule is CC(O)c1cccc(-c2ccc(C(F)(F)F)cc2NC(=O)Nc2cnc(Oc3ccc(-c4cc(Cl)cnc4N)cc3)nc2)c1. The van der Waals surface area contributed by atoms with Crippen LogP contribution in [0.2, 0.25) is 5.02 Å². The molecule has 9 nitrogen and oxygen atoms in total. The van der Waals surface area contributed by atoms with E-state index in [0.717, 1.165) is 17.7 Å². The van der Waals surface area contributed by atoms with Crippen LogP contribution in [0.3, 0.4) is 0 Å². The van der Waals surface area contributed by atoms with Gasteiger partial charge in [-0.25, -0.2) is 19.7 Å². The molecular weight excluding hydrogens is 597 g/mol. The number of rotatable bonds is 7. The highest BCUT2D eigenvalue weighted by atomic mass is 35.5. The fraction of sp³-hybridized carbons (Fsp3) is 0.0968. The van der Waals surface area contributed by atoms with Gasteiger partial charge in [-0.15, -0.1) is 0 Å². The first-order valence-corrected chi connectivity index (χ1v) is 13.4. The maximum atomic E-state index is 13.5. The molecule has 5 N–H and O–H groups in total. The standard InChI is InChI=1S/C31H24ClF3N6O3/c1-17(42)19-3-2-4-20(11-19)25-10-7-21(31(33,34)35)12-27(25)41-29(43)40-23-15-38-30(39-16-23)44-24-8-5-18(6-9-24)26-13-22(32)14-37-28(26)36/h2-17,42H,1H3,(H2,36,37)(H2,40,41,43). The molecule has 224 valence electrons. The number of ether oxygens (including phenoxy) is 1. The number of aromatic nitrogens is 3. The number of hydrogen-bond acceptors (Lipinski definition) is 7. The number of urea groups is 1. The molecule has 2 amide bonds. The number of aliphatic hydroxyl groups is 1. The average Bonchev–Trinajstić information content (AvgIpc) is 2.99. The number of amides is 2. The Labute approximate surface area is 254 Å². The monoisotopic (exact) mass is 620 g/mol. The first kappa shape index (κ1) is 30.3. The summed E-state index contributed by atoms with van der Waals surface area (Å²) in [6.07, 6.45) is -1.39. The summed E-state index contributed by atoms with van der Waals surface area (Å²) in [6.45, 7) is 1.57. The van der Waals surface area contributed by atoms with Gasteiger partial charge in [-0.2, -0.15) is 13.2 Å². The number of carbonyl (C=O) groups excluding carboxylic acids is 1. The van der Waals surface area contributed by atoms with Crippen LogP contribution < -0.4 is 21.1 Å². The van der Waals surface area contributed by atoms with Crippen molar-refractivity contribution in [3.63, 3.8) is 0 Å². The Balaban J connectivity index is 1.28. The molecule has 0 aliphatic carbocycles. The van der Waals surface area contributed by atoms with Crippen molar-refractivity contribution in [2.24, 2.45) is 0 Å². The molecule has 3 aromatic carbocycles. The third-order valence-corrected chi connectivity index (χ3v) is 6.63. The van der Waals surface area contributed by atoms with Gasteiger partial charge in [0.1, 0.15) is 11.6 Å². The first-order chi connectivity index (χ1) is 21.0. The Hall–Kier alpha value is -5.20. The number of pyridine rings is 1. The van der Waals surface area contributed by atoms with Gasteiger partial charge < -0.3 is 26.2 Å². The summed E-state index contributed by atoms with van der Waals surface area (Å²) in [7, 11) is 0. The second-order valence-electron chi connectivity index (χ2n) is 9.61. The van der Waals surface area contributed by atoms with Crippen LogP contribution in [0.15, 0.2) is 91.4 Å². The molecule has 0 saturated carbocycles. The number of carbonyl (C=O) groups is 1. The van der Waals surface area contributed by atoms with Gasteiger partial charge in [-0.05, 0) is 60.0 Å². The number of anilines is 3. The number of nitrogens with zero attached hydrogens (tertiary/aromatic N) is 3. The highest BCUT2D eigenvalue weighted by molar-refractivity contribution is 6.30. The fourth-order valence-electron chi connectivity index (χ4n) is 4.25. The van der Waals surface area contributed by atoms with E-state index in [1.54, 1.807) is 61.5 Å². The molecule has 0 radical (unpaired) electrons. The van der Waals surface area contributed by atoms with Crippen LogP contribution >= 0.6 is 11.6 Å². The molecule has 0 aliphatic heterocycles. The van der Waals surface area contributed by atoms with E-state index in [0.29, 0.717) is 38.8 Å². The highest BCUT2D eigenvalue weighted by Gasteiger charge is 2.31. The fourth-order valence-corrected chi connectivity index (χ4v) is 4.41. The Kier molecular flexibility index (Phi) is 8.65. The molecule has 2 heterocycles. The topological polar surface area (TPSA) is 135 Å². The summed E-state index contributed by atoms with van der Waals surface area (Å²) in [6, 6.07) is 17.5. The predicted octanol–water partition coefficient (Wildman–Crippen LogP) is 7.95. The summed E-state index contributed by atoms with van der Waals surface area (Å²) in [5.41, 5.74) is 7.93. The second kappa shape index (κ2) is 12.6. The van der Waals surface area contributed by atoms with Crippen molar-refractivity contribution in [1.82, 2.24) is 15.0 Å². The summed E-state index contributed by atoms with van der Waals surface area (Å²) in [4.78, 5) is 25.0. The van der Waals surface area contributed by atoms with E-state index in [9.17, 15) is 23.1 Å².